The summed E-state index contributed by atoms with van der Waals surface area (Å²) in [4.78, 5) is 35.0. The molecule has 2 amide bonds. The molecule has 0 bridgehead atoms. The van der Waals surface area contributed by atoms with Crippen molar-refractivity contribution >= 4 is 46.4 Å². The van der Waals surface area contributed by atoms with Gasteiger partial charge in [0, 0.05) is 10.0 Å². The average Bonchev–Trinajstić information content (AvgIpc) is 3.41. The Labute approximate surface area is 218 Å². The fourth-order valence-electron chi connectivity index (χ4n) is 4.98. The predicted octanol–water partition coefficient (Wildman–Crippen LogP) is 6.71. The molecule has 2 fully saturated rings. The van der Waals surface area contributed by atoms with Gasteiger partial charge in [-0.3, -0.25) is 14.4 Å². The van der Waals surface area contributed by atoms with Crippen LogP contribution in [0.4, 0.5) is 11.4 Å². The lowest BCUT2D eigenvalue weighted by molar-refractivity contribution is -0.126. The number of hydrogen-bond acceptors (Lipinski definition) is 4. The van der Waals surface area contributed by atoms with Crippen LogP contribution in [-0.4, -0.2) is 17.9 Å². The van der Waals surface area contributed by atoms with E-state index >= 15 is 0 Å². The molecule has 0 N–H and O–H groups in total. The minimum atomic E-state index is -0.977. The quantitative estimate of drug-likeness (QED) is 0.284. The van der Waals surface area contributed by atoms with Gasteiger partial charge in [-0.15, -0.1) is 0 Å². The highest BCUT2D eigenvalue weighted by atomic mass is 35.5. The smallest absolute Gasteiger partial charge is 0.266 e. The Balaban J connectivity index is 1.42. The Morgan fingerprint density at radius 3 is 2.06 bits per heavy atom. The van der Waals surface area contributed by atoms with E-state index in [0.717, 1.165) is 16.8 Å². The molecule has 0 saturated carbocycles. The number of halogens is 2. The van der Waals surface area contributed by atoms with Gasteiger partial charge < -0.3 is 0 Å². The van der Waals surface area contributed by atoms with E-state index < -0.39 is 24.0 Å². The first-order chi connectivity index (χ1) is 17.5. The van der Waals surface area contributed by atoms with E-state index in [1.165, 1.54) is 4.90 Å². The molecule has 178 valence electrons. The summed E-state index contributed by atoms with van der Waals surface area (Å²) in [7, 11) is 0. The topological polar surface area (TPSA) is 49.9 Å². The van der Waals surface area contributed by atoms with Gasteiger partial charge in [-0.25, -0.2) is 9.96 Å². The van der Waals surface area contributed by atoms with Crippen LogP contribution in [-0.2, 0) is 14.4 Å². The lowest BCUT2D eigenvalue weighted by Gasteiger charge is -2.29. The molecule has 2 heterocycles. The maximum atomic E-state index is 13.9. The van der Waals surface area contributed by atoms with Crippen molar-refractivity contribution in [1.29, 1.82) is 0 Å². The highest BCUT2D eigenvalue weighted by molar-refractivity contribution is 6.35. The number of para-hydroxylation sites is 1. The minimum absolute atomic E-state index is 0.329. The molecule has 0 radical (unpaired) electrons. The maximum absolute atomic E-state index is 13.9. The first kappa shape index (κ1) is 22.8. The van der Waals surface area contributed by atoms with Gasteiger partial charge >= 0.3 is 0 Å². The van der Waals surface area contributed by atoms with Gasteiger partial charge in [0.2, 0.25) is 5.91 Å². The van der Waals surface area contributed by atoms with Gasteiger partial charge in [0.25, 0.3) is 5.91 Å². The van der Waals surface area contributed by atoms with E-state index in [-0.39, 0.29) is 5.91 Å². The summed E-state index contributed by atoms with van der Waals surface area (Å²) in [6, 6.07) is 31.1. The fourth-order valence-corrected chi connectivity index (χ4v) is 5.50. The van der Waals surface area contributed by atoms with Crippen molar-refractivity contribution in [1.82, 2.24) is 0 Å². The molecular formula is C29H20Cl2N2O3. The lowest BCUT2D eigenvalue weighted by atomic mass is 9.90. The van der Waals surface area contributed by atoms with Crippen molar-refractivity contribution in [2.75, 3.05) is 9.96 Å². The van der Waals surface area contributed by atoms with Gasteiger partial charge in [0.15, 0.2) is 6.10 Å². The Bertz CT molecular complexity index is 1460. The van der Waals surface area contributed by atoms with Gasteiger partial charge in [-0.2, -0.15) is 0 Å². The monoisotopic (exact) mass is 514 g/mol. The molecule has 2 aliphatic rings. The van der Waals surface area contributed by atoms with Crippen molar-refractivity contribution < 1.29 is 14.4 Å². The number of fused-ring (bicyclic) bond motifs is 1. The van der Waals surface area contributed by atoms with Crippen LogP contribution >= 0.6 is 23.2 Å². The van der Waals surface area contributed by atoms with Crippen LogP contribution in [0.5, 0.6) is 0 Å². The molecule has 0 aliphatic carbocycles. The summed E-state index contributed by atoms with van der Waals surface area (Å²) in [5.74, 6) is -1.51. The molecule has 4 aromatic rings. The Kier molecular flexibility index (Phi) is 5.76. The number of rotatable bonds is 4. The first-order valence-electron chi connectivity index (χ1n) is 11.5. The number of nitrogens with zero attached hydrogens (tertiary/aromatic N) is 2. The molecule has 5 nitrogen and oxygen atoms in total. The summed E-state index contributed by atoms with van der Waals surface area (Å²) in [6.45, 7) is 0. The zero-order chi connectivity index (χ0) is 24.8. The second-order valence-electron chi connectivity index (χ2n) is 8.75. The van der Waals surface area contributed by atoms with E-state index in [2.05, 4.69) is 0 Å². The number of benzene rings is 4. The number of carbonyl (C=O) groups excluding carboxylic acids is 2. The fraction of sp³-hybridized carbons (Fsp3) is 0.103. The van der Waals surface area contributed by atoms with Crippen LogP contribution in [0.15, 0.2) is 103 Å². The number of anilines is 2. The lowest BCUT2D eigenvalue weighted by Crippen LogP contribution is -2.37. The highest BCUT2D eigenvalue weighted by Crippen LogP contribution is 2.49. The van der Waals surface area contributed by atoms with Gasteiger partial charge in [0.05, 0.1) is 17.4 Å². The zero-order valence-corrected chi connectivity index (χ0v) is 20.4. The van der Waals surface area contributed by atoms with Crippen LogP contribution in [0.2, 0.25) is 10.0 Å². The SMILES string of the molecule is O=C1[C@@H]2[C@H](ON(c3ccccc3)[C@H]2c2ccc(Cl)cc2Cl)C(=O)N1c1cccc(-c2ccccc2)c1. The van der Waals surface area contributed by atoms with Crippen LogP contribution in [0, 0.1) is 5.92 Å². The highest BCUT2D eigenvalue weighted by Gasteiger charge is 2.60. The van der Waals surface area contributed by atoms with Crippen LogP contribution < -0.4 is 9.96 Å². The number of amides is 2. The molecule has 0 aromatic heterocycles. The first-order valence-corrected chi connectivity index (χ1v) is 12.3. The molecule has 2 saturated heterocycles. The van der Waals surface area contributed by atoms with E-state index in [0.29, 0.717) is 21.3 Å². The zero-order valence-electron chi connectivity index (χ0n) is 18.9. The predicted molar refractivity (Wildman–Crippen MR) is 141 cm³/mol. The van der Waals surface area contributed by atoms with E-state index in [1.54, 1.807) is 29.3 Å². The second kappa shape index (κ2) is 9.10. The number of hydroxylamine groups is 1. The second-order valence-corrected chi connectivity index (χ2v) is 9.60. The van der Waals surface area contributed by atoms with E-state index in [4.69, 9.17) is 28.0 Å². The van der Waals surface area contributed by atoms with Crippen molar-refractivity contribution in [3.63, 3.8) is 0 Å². The Morgan fingerprint density at radius 1 is 0.667 bits per heavy atom. The third kappa shape index (κ3) is 3.77. The molecule has 2 aliphatic heterocycles. The third-order valence-corrected chi connectivity index (χ3v) is 7.18. The van der Waals surface area contributed by atoms with Gasteiger partial charge in [-0.05, 0) is 53.1 Å². The van der Waals surface area contributed by atoms with Crippen LogP contribution in [0.25, 0.3) is 11.1 Å². The Hall–Kier alpha value is -3.64. The molecule has 3 atom stereocenters. The molecule has 4 aromatic carbocycles. The van der Waals surface area contributed by atoms with Crippen molar-refractivity contribution in [2.24, 2.45) is 5.92 Å². The van der Waals surface area contributed by atoms with Crippen molar-refractivity contribution in [3.8, 4) is 11.1 Å². The van der Waals surface area contributed by atoms with Crippen LogP contribution in [0.3, 0.4) is 0 Å². The van der Waals surface area contributed by atoms with Crippen molar-refractivity contribution in [3.05, 3.63) is 119 Å². The number of hydrogen-bond donors (Lipinski definition) is 0. The van der Waals surface area contributed by atoms with Crippen molar-refractivity contribution in [2.45, 2.75) is 12.1 Å². The summed E-state index contributed by atoms with van der Waals surface area (Å²) in [5, 5.41) is 2.51. The normalized spacial score (nSPS) is 21.2. The Morgan fingerprint density at radius 2 is 1.33 bits per heavy atom. The molecule has 7 heteroatoms. The van der Waals surface area contributed by atoms with Crippen LogP contribution in [0.1, 0.15) is 11.6 Å². The summed E-state index contributed by atoms with van der Waals surface area (Å²) < 4.78 is 0. The summed E-state index contributed by atoms with van der Waals surface area (Å²) in [5.41, 5.74) is 3.81. The molecular weight excluding hydrogens is 495 g/mol. The largest absolute Gasteiger partial charge is 0.273 e. The molecule has 36 heavy (non-hydrogen) atoms. The summed E-state index contributed by atoms with van der Waals surface area (Å²) in [6.07, 6.45) is -0.977. The standard InChI is InChI=1S/C29H20Cl2N2O3/c30-20-14-15-23(24(31)17-20)26-25-27(36-33(26)21-11-5-2-6-12-21)29(35)32(28(25)34)22-13-7-10-19(16-22)18-8-3-1-4-9-18/h1-17,25-27H/t25-,26-,27-/m0/s1. The summed E-state index contributed by atoms with van der Waals surface area (Å²) >= 11 is 12.8. The average molecular weight is 515 g/mol. The third-order valence-electron chi connectivity index (χ3n) is 6.62. The van der Waals surface area contributed by atoms with Gasteiger partial charge in [0.1, 0.15) is 5.92 Å². The molecule has 0 unspecified atom stereocenters. The minimum Gasteiger partial charge on any atom is -0.273 e. The number of imide groups is 1. The van der Waals surface area contributed by atoms with Gasteiger partial charge in [-0.1, -0.05) is 89.9 Å². The van der Waals surface area contributed by atoms with E-state index in [1.807, 2.05) is 78.9 Å². The molecule has 6 rings (SSSR count). The van der Waals surface area contributed by atoms with E-state index in [9.17, 15) is 9.59 Å². The maximum Gasteiger partial charge on any atom is 0.266 e. The molecule has 0 spiro atoms. The number of carbonyl (C=O) groups is 2.